The van der Waals surface area contributed by atoms with Gasteiger partial charge in [0.05, 0.1) is 11.6 Å². The molecule has 2 rings (SSSR count). The van der Waals surface area contributed by atoms with E-state index in [1.54, 1.807) is 38.4 Å². The van der Waals surface area contributed by atoms with Gasteiger partial charge in [-0.15, -0.1) is 0 Å². The summed E-state index contributed by atoms with van der Waals surface area (Å²) in [5, 5.41) is 9.91. The van der Waals surface area contributed by atoms with Gasteiger partial charge in [0, 0.05) is 19.1 Å². The lowest BCUT2D eigenvalue weighted by molar-refractivity contribution is -0.124. The lowest BCUT2D eigenvalue weighted by Gasteiger charge is -2.14. The number of carbonyl (C=O) groups is 1. The molecule has 140 valence electrons. The number of rotatable bonds is 6. The van der Waals surface area contributed by atoms with Gasteiger partial charge in [-0.1, -0.05) is 23.7 Å². The molecule has 2 aromatic rings. The Morgan fingerprint density at radius 3 is 2.52 bits per heavy atom. The predicted molar refractivity (Wildman–Crippen MR) is 109 cm³/mol. The van der Waals surface area contributed by atoms with Crippen molar-refractivity contribution in [1.29, 1.82) is 5.26 Å². The van der Waals surface area contributed by atoms with E-state index in [1.165, 1.54) is 18.1 Å². The monoisotopic (exact) mass is 448 g/mol. The molecule has 0 aliphatic carbocycles. The van der Waals surface area contributed by atoms with E-state index in [9.17, 15) is 10.1 Å². The second-order valence-electron chi connectivity index (χ2n) is 5.82. The first kappa shape index (κ1) is 20.8. The molecule has 0 atom stereocenters. The Bertz CT molecular complexity index is 903. The average Bonchev–Trinajstić information content (AvgIpc) is 2.65. The van der Waals surface area contributed by atoms with Crippen molar-refractivity contribution in [1.82, 2.24) is 4.90 Å². The van der Waals surface area contributed by atoms with Crippen molar-refractivity contribution in [3.05, 3.63) is 62.6 Å². The Labute approximate surface area is 171 Å². The first-order chi connectivity index (χ1) is 12.8. The van der Waals surface area contributed by atoms with E-state index in [0.29, 0.717) is 33.2 Å². The standard InChI is InChI=1S/C20H18BrClN2O3/c1-24(2)20(25)15(11-23)8-14-9-17(21)19(18(10-14)26-3)27-12-13-4-6-16(22)7-5-13/h4-10H,12H2,1-3H3/b15-8-. The minimum absolute atomic E-state index is 0.0313. The zero-order valence-corrected chi connectivity index (χ0v) is 17.5. The van der Waals surface area contributed by atoms with Gasteiger partial charge in [0.15, 0.2) is 11.5 Å². The molecule has 27 heavy (non-hydrogen) atoms. The van der Waals surface area contributed by atoms with Crippen LogP contribution in [0.2, 0.25) is 5.02 Å². The van der Waals surface area contributed by atoms with Crippen LogP contribution in [-0.4, -0.2) is 32.0 Å². The van der Waals surface area contributed by atoms with E-state index in [0.717, 1.165) is 5.56 Å². The van der Waals surface area contributed by atoms with Gasteiger partial charge < -0.3 is 14.4 Å². The summed E-state index contributed by atoms with van der Waals surface area (Å²) in [6.45, 7) is 0.337. The molecule has 0 heterocycles. The van der Waals surface area contributed by atoms with Crippen LogP contribution >= 0.6 is 27.5 Å². The van der Waals surface area contributed by atoms with Crippen molar-refractivity contribution < 1.29 is 14.3 Å². The van der Waals surface area contributed by atoms with E-state index in [2.05, 4.69) is 15.9 Å². The highest BCUT2D eigenvalue weighted by Crippen LogP contribution is 2.37. The lowest BCUT2D eigenvalue weighted by atomic mass is 10.1. The van der Waals surface area contributed by atoms with Crippen molar-refractivity contribution in [2.75, 3.05) is 21.2 Å². The predicted octanol–water partition coefficient (Wildman–Crippen LogP) is 4.69. The van der Waals surface area contributed by atoms with E-state index in [4.69, 9.17) is 21.1 Å². The summed E-state index contributed by atoms with van der Waals surface area (Å²) in [6.07, 6.45) is 1.51. The minimum Gasteiger partial charge on any atom is -0.493 e. The number of ether oxygens (including phenoxy) is 2. The number of likely N-dealkylation sites (N-methyl/N-ethyl adjacent to an activating group) is 1. The third-order valence-electron chi connectivity index (χ3n) is 3.62. The maximum absolute atomic E-state index is 12.0. The summed E-state index contributed by atoms with van der Waals surface area (Å²) < 4.78 is 11.9. The van der Waals surface area contributed by atoms with E-state index in [1.807, 2.05) is 18.2 Å². The maximum atomic E-state index is 12.0. The van der Waals surface area contributed by atoms with Crippen LogP contribution in [0.25, 0.3) is 6.08 Å². The van der Waals surface area contributed by atoms with E-state index in [-0.39, 0.29) is 11.5 Å². The van der Waals surface area contributed by atoms with Crippen molar-refractivity contribution in [2.45, 2.75) is 6.61 Å². The first-order valence-corrected chi connectivity index (χ1v) is 9.11. The number of amides is 1. The summed E-state index contributed by atoms with van der Waals surface area (Å²) in [5.41, 5.74) is 1.63. The normalized spacial score (nSPS) is 10.9. The number of hydrogen-bond donors (Lipinski definition) is 0. The summed E-state index contributed by atoms with van der Waals surface area (Å²) in [7, 11) is 4.72. The molecule has 7 heteroatoms. The highest BCUT2D eigenvalue weighted by molar-refractivity contribution is 9.10. The number of nitriles is 1. The second-order valence-corrected chi connectivity index (χ2v) is 7.11. The van der Waals surface area contributed by atoms with Gasteiger partial charge >= 0.3 is 0 Å². The molecule has 0 radical (unpaired) electrons. The van der Waals surface area contributed by atoms with Crippen LogP contribution in [0.1, 0.15) is 11.1 Å². The van der Waals surface area contributed by atoms with E-state index >= 15 is 0 Å². The van der Waals surface area contributed by atoms with E-state index < -0.39 is 0 Å². The molecule has 2 aromatic carbocycles. The van der Waals surface area contributed by atoms with Crippen LogP contribution in [0.5, 0.6) is 11.5 Å². The maximum Gasteiger partial charge on any atom is 0.264 e. The summed E-state index contributed by atoms with van der Waals surface area (Å²) in [4.78, 5) is 13.4. The smallest absolute Gasteiger partial charge is 0.264 e. The summed E-state index contributed by atoms with van der Waals surface area (Å²) in [6, 6.07) is 12.8. The highest BCUT2D eigenvalue weighted by atomic mass is 79.9. The fourth-order valence-corrected chi connectivity index (χ4v) is 2.95. The zero-order valence-electron chi connectivity index (χ0n) is 15.1. The Morgan fingerprint density at radius 1 is 1.30 bits per heavy atom. The molecule has 0 aliphatic heterocycles. The molecule has 0 saturated heterocycles. The molecular formula is C20H18BrClN2O3. The molecule has 0 fully saturated rings. The Kier molecular flexibility index (Phi) is 7.28. The van der Waals surface area contributed by atoms with Gasteiger partial charge in [0.2, 0.25) is 0 Å². The van der Waals surface area contributed by atoms with Gasteiger partial charge in [0.25, 0.3) is 5.91 Å². The van der Waals surface area contributed by atoms with Crippen molar-refractivity contribution >= 4 is 39.5 Å². The van der Waals surface area contributed by atoms with Crippen LogP contribution in [0.4, 0.5) is 0 Å². The van der Waals surface area contributed by atoms with Crippen molar-refractivity contribution in [3.8, 4) is 17.6 Å². The van der Waals surface area contributed by atoms with Crippen molar-refractivity contribution in [3.63, 3.8) is 0 Å². The van der Waals surface area contributed by atoms with Gasteiger partial charge in [-0.05, 0) is 57.4 Å². The molecule has 0 saturated carbocycles. The highest BCUT2D eigenvalue weighted by Gasteiger charge is 2.15. The fraction of sp³-hybridized carbons (Fsp3) is 0.200. The molecule has 0 spiro atoms. The van der Waals surface area contributed by atoms with Gasteiger partial charge in [-0.25, -0.2) is 0 Å². The summed E-state index contributed by atoms with van der Waals surface area (Å²) >= 11 is 9.36. The quantitative estimate of drug-likeness (QED) is 0.474. The Balaban J connectivity index is 2.30. The number of halogens is 2. The number of carbonyl (C=O) groups excluding carboxylic acids is 1. The van der Waals surface area contributed by atoms with Crippen LogP contribution in [0.3, 0.4) is 0 Å². The molecule has 5 nitrogen and oxygen atoms in total. The topological polar surface area (TPSA) is 62.6 Å². The third kappa shape index (κ3) is 5.49. The number of nitrogens with zero attached hydrogens (tertiary/aromatic N) is 2. The van der Waals surface area contributed by atoms with Crippen LogP contribution in [-0.2, 0) is 11.4 Å². The first-order valence-electron chi connectivity index (χ1n) is 7.94. The molecule has 0 aromatic heterocycles. The molecular weight excluding hydrogens is 432 g/mol. The average molecular weight is 450 g/mol. The minimum atomic E-state index is -0.365. The number of methoxy groups -OCH3 is 1. The second kappa shape index (κ2) is 9.45. The van der Waals surface area contributed by atoms with Gasteiger partial charge in [-0.2, -0.15) is 5.26 Å². The molecule has 0 bridgehead atoms. The Morgan fingerprint density at radius 2 is 1.96 bits per heavy atom. The number of hydrogen-bond acceptors (Lipinski definition) is 4. The van der Waals surface area contributed by atoms with Gasteiger partial charge in [0.1, 0.15) is 18.2 Å². The van der Waals surface area contributed by atoms with Crippen molar-refractivity contribution in [2.24, 2.45) is 0 Å². The largest absolute Gasteiger partial charge is 0.493 e. The van der Waals surface area contributed by atoms with Crippen LogP contribution < -0.4 is 9.47 Å². The third-order valence-corrected chi connectivity index (χ3v) is 4.46. The fourth-order valence-electron chi connectivity index (χ4n) is 2.25. The molecule has 0 unspecified atom stereocenters. The molecule has 0 N–H and O–H groups in total. The SMILES string of the molecule is COc1cc(/C=C(/C#N)C(=O)N(C)C)cc(Br)c1OCc1ccc(Cl)cc1. The molecule has 1 amide bonds. The van der Waals surface area contributed by atoms with Crippen LogP contribution in [0.15, 0.2) is 46.4 Å². The van der Waals surface area contributed by atoms with Crippen LogP contribution in [0, 0.1) is 11.3 Å². The summed E-state index contributed by atoms with van der Waals surface area (Å²) in [5.74, 6) is 0.650. The molecule has 0 aliphatic rings. The Hall–Kier alpha value is -2.49. The van der Waals surface area contributed by atoms with Gasteiger partial charge in [-0.3, -0.25) is 4.79 Å². The lowest BCUT2D eigenvalue weighted by Crippen LogP contribution is -2.22. The zero-order chi connectivity index (χ0) is 20.0. The number of benzene rings is 2.